The predicted molar refractivity (Wildman–Crippen MR) is 96.2 cm³/mol. The summed E-state index contributed by atoms with van der Waals surface area (Å²) in [6.45, 7) is 2.27. The highest BCUT2D eigenvalue weighted by atomic mass is 79.9. The molecule has 1 N–H and O–H groups in total. The van der Waals surface area contributed by atoms with Gasteiger partial charge in [-0.25, -0.2) is 0 Å². The molecule has 0 fully saturated rings. The lowest BCUT2D eigenvalue weighted by Gasteiger charge is -2.11. The Balaban J connectivity index is 1.98. The maximum atomic E-state index is 9.81. The van der Waals surface area contributed by atoms with Gasteiger partial charge in [0.2, 0.25) is 0 Å². The molecule has 0 amide bonds. The molecule has 0 aliphatic carbocycles. The Morgan fingerprint density at radius 2 is 1.38 bits per heavy atom. The van der Waals surface area contributed by atoms with Gasteiger partial charge in [0.15, 0.2) is 0 Å². The predicted octanol–water partition coefficient (Wildman–Crippen LogP) is 7.14. The van der Waals surface area contributed by atoms with E-state index in [9.17, 15) is 5.11 Å². The van der Waals surface area contributed by atoms with Crippen LogP contribution in [-0.4, -0.2) is 5.11 Å². The van der Waals surface area contributed by atoms with Crippen LogP contribution in [0.25, 0.3) is 0 Å². The van der Waals surface area contributed by atoms with E-state index in [-0.39, 0.29) is 4.83 Å². The van der Waals surface area contributed by atoms with Gasteiger partial charge in [-0.2, -0.15) is 0 Å². The number of hydrogen-bond donors (Lipinski definition) is 1. The average Bonchev–Trinajstić information content (AvgIpc) is 2.49. The van der Waals surface area contributed by atoms with Gasteiger partial charge in [0, 0.05) is 10.4 Å². The summed E-state index contributed by atoms with van der Waals surface area (Å²) < 4.78 is 0. The van der Waals surface area contributed by atoms with Crippen molar-refractivity contribution < 1.29 is 5.11 Å². The lowest BCUT2D eigenvalue weighted by molar-refractivity contribution is 0.465. The summed E-state index contributed by atoms with van der Waals surface area (Å²) in [5.41, 5.74) is 1.02. The Labute approximate surface area is 139 Å². The molecule has 2 heteroatoms. The zero-order chi connectivity index (χ0) is 15.3. The minimum atomic E-state index is 0.285. The van der Waals surface area contributed by atoms with Crippen molar-refractivity contribution in [3.8, 4) is 5.75 Å². The molecule has 120 valence electrons. The number of unbranched alkanes of at least 4 members (excludes halogenated alkanes) is 9. The van der Waals surface area contributed by atoms with Crippen molar-refractivity contribution >= 4 is 15.9 Å². The smallest absolute Gasteiger partial charge is 0.119 e. The van der Waals surface area contributed by atoms with Crippen LogP contribution < -0.4 is 0 Å². The van der Waals surface area contributed by atoms with E-state index in [4.69, 9.17) is 0 Å². The van der Waals surface area contributed by atoms with Gasteiger partial charge in [0.05, 0.1) is 0 Å². The lowest BCUT2D eigenvalue weighted by atomic mass is 10.0. The summed E-state index contributed by atoms with van der Waals surface area (Å²) in [6, 6.07) is 7.63. The summed E-state index contributed by atoms with van der Waals surface area (Å²) in [6.07, 6.45) is 14.8. The molecule has 1 atom stereocenters. The van der Waals surface area contributed by atoms with Crippen LogP contribution in [0.4, 0.5) is 0 Å². The van der Waals surface area contributed by atoms with E-state index in [1.807, 2.05) is 18.2 Å². The van der Waals surface area contributed by atoms with Crippen LogP contribution in [-0.2, 0) is 0 Å². The van der Waals surface area contributed by atoms with E-state index in [1.165, 1.54) is 64.2 Å². The monoisotopic (exact) mass is 354 g/mol. The third-order valence-electron chi connectivity index (χ3n) is 4.09. The largest absolute Gasteiger partial charge is 0.508 e. The molecule has 1 nitrogen and oxygen atoms in total. The number of para-hydroxylation sites is 1. The molecule has 1 aromatic rings. The molecule has 21 heavy (non-hydrogen) atoms. The number of rotatable bonds is 12. The second-order valence-electron chi connectivity index (χ2n) is 6.00. The van der Waals surface area contributed by atoms with Gasteiger partial charge in [-0.15, -0.1) is 0 Å². The molecule has 0 saturated heterocycles. The van der Waals surface area contributed by atoms with E-state index in [0.29, 0.717) is 5.75 Å². The van der Waals surface area contributed by atoms with Gasteiger partial charge < -0.3 is 5.11 Å². The van der Waals surface area contributed by atoms with Crippen LogP contribution in [0.3, 0.4) is 0 Å². The van der Waals surface area contributed by atoms with Gasteiger partial charge in [-0.05, 0) is 12.5 Å². The van der Waals surface area contributed by atoms with Crippen LogP contribution >= 0.6 is 15.9 Å². The molecule has 0 spiro atoms. The zero-order valence-electron chi connectivity index (χ0n) is 13.5. The summed E-state index contributed by atoms with van der Waals surface area (Å²) in [4.78, 5) is 0.285. The summed E-state index contributed by atoms with van der Waals surface area (Å²) in [5.74, 6) is 0.409. The third kappa shape index (κ3) is 8.50. The Hall–Kier alpha value is -0.500. The molecule has 0 saturated carbocycles. The second kappa shape index (κ2) is 12.1. The fourth-order valence-electron chi connectivity index (χ4n) is 2.72. The van der Waals surface area contributed by atoms with Crippen molar-refractivity contribution in [2.75, 3.05) is 0 Å². The first kappa shape index (κ1) is 18.5. The Bertz CT molecular complexity index is 364. The Kier molecular flexibility index (Phi) is 10.7. The molecule has 1 unspecified atom stereocenters. The molecule has 0 aromatic heterocycles. The first-order chi connectivity index (χ1) is 10.3. The van der Waals surface area contributed by atoms with Crippen LogP contribution in [0.5, 0.6) is 5.75 Å². The number of phenolic OH excluding ortho intramolecular Hbond substituents is 1. The Morgan fingerprint density at radius 3 is 1.95 bits per heavy atom. The molecular weight excluding hydrogens is 324 g/mol. The molecular formula is C19H31BrO. The SMILES string of the molecule is CCCCCCCCCCCCC(Br)c1ccccc1O. The van der Waals surface area contributed by atoms with E-state index >= 15 is 0 Å². The molecule has 0 heterocycles. The number of aromatic hydroxyl groups is 1. The number of hydrogen-bond acceptors (Lipinski definition) is 1. The zero-order valence-corrected chi connectivity index (χ0v) is 15.1. The maximum Gasteiger partial charge on any atom is 0.119 e. The van der Waals surface area contributed by atoms with Crippen molar-refractivity contribution in [1.29, 1.82) is 0 Å². The van der Waals surface area contributed by atoms with Crippen molar-refractivity contribution in [2.45, 2.75) is 82.4 Å². The minimum Gasteiger partial charge on any atom is -0.508 e. The first-order valence-electron chi connectivity index (χ1n) is 8.67. The summed E-state index contributed by atoms with van der Waals surface area (Å²) >= 11 is 3.69. The summed E-state index contributed by atoms with van der Waals surface area (Å²) in [5, 5.41) is 9.81. The number of halogens is 1. The third-order valence-corrected chi connectivity index (χ3v) is 5.04. The van der Waals surface area contributed by atoms with Crippen LogP contribution in [0.2, 0.25) is 0 Å². The van der Waals surface area contributed by atoms with Gasteiger partial charge in [-0.1, -0.05) is 105 Å². The number of alkyl halides is 1. The molecule has 0 aliphatic rings. The van der Waals surface area contributed by atoms with Crippen molar-refractivity contribution in [1.82, 2.24) is 0 Å². The van der Waals surface area contributed by atoms with Gasteiger partial charge in [0.1, 0.15) is 5.75 Å². The van der Waals surface area contributed by atoms with Gasteiger partial charge in [0.25, 0.3) is 0 Å². The number of benzene rings is 1. The van der Waals surface area contributed by atoms with Gasteiger partial charge >= 0.3 is 0 Å². The minimum absolute atomic E-state index is 0.285. The quantitative estimate of drug-likeness (QED) is 0.312. The molecule has 1 rings (SSSR count). The van der Waals surface area contributed by atoms with E-state index in [1.54, 1.807) is 6.07 Å². The molecule has 0 bridgehead atoms. The fraction of sp³-hybridized carbons (Fsp3) is 0.684. The van der Waals surface area contributed by atoms with E-state index in [0.717, 1.165) is 12.0 Å². The topological polar surface area (TPSA) is 20.2 Å². The average molecular weight is 355 g/mol. The van der Waals surface area contributed by atoms with Crippen molar-refractivity contribution in [2.24, 2.45) is 0 Å². The first-order valence-corrected chi connectivity index (χ1v) is 9.59. The van der Waals surface area contributed by atoms with Crippen LogP contribution in [0.1, 0.15) is 87.9 Å². The summed E-state index contributed by atoms with van der Waals surface area (Å²) in [7, 11) is 0. The standard InChI is InChI=1S/C19H31BrO/c1-2-3-4-5-6-7-8-9-10-11-15-18(20)17-14-12-13-16-19(17)21/h12-14,16,18,21H,2-11,15H2,1H3. The molecule has 0 radical (unpaired) electrons. The Morgan fingerprint density at radius 1 is 0.857 bits per heavy atom. The molecule has 0 aliphatic heterocycles. The molecule has 1 aromatic carbocycles. The van der Waals surface area contributed by atoms with Gasteiger partial charge in [-0.3, -0.25) is 0 Å². The maximum absolute atomic E-state index is 9.81. The van der Waals surface area contributed by atoms with Crippen molar-refractivity contribution in [3.63, 3.8) is 0 Å². The van der Waals surface area contributed by atoms with E-state index in [2.05, 4.69) is 22.9 Å². The highest BCUT2D eigenvalue weighted by Gasteiger charge is 2.10. The fourth-order valence-corrected chi connectivity index (χ4v) is 3.43. The normalized spacial score (nSPS) is 12.5. The van der Waals surface area contributed by atoms with Crippen LogP contribution in [0.15, 0.2) is 24.3 Å². The lowest BCUT2D eigenvalue weighted by Crippen LogP contribution is -1.91. The van der Waals surface area contributed by atoms with E-state index < -0.39 is 0 Å². The van der Waals surface area contributed by atoms with Crippen LogP contribution in [0, 0.1) is 0 Å². The highest BCUT2D eigenvalue weighted by Crippen LogP contribution is 2.34. The second-order valence-corrected chi connectivity index (χ2v) is 7.10. The number of phenols is 1. The van der Waals surface area contributed by atoms with Crippen molar-refractivity contribution in [3.05, 3.63) is 29.8 Å². The highest BCUT2D eigenvalue weighted by molar-refractivity contribution is 9.09.